The van der Waals surface area contributed by atoms with Gasteiger partial charge < -0.3 is 18.9 Å². The Balaban J connectivity index is 1.13. The fourth-order valence-corrected chi connectivity index (χ4v) is 3.88. The number of non-ortho nitro benzene ring substituents is 2. The first kappa shape index (κ1) is 28.2. The summed E-state index contributed by atoms with van der Waals surface area (Å²) in [4.78, 5) is 20.5. The van der Waals surface area contributed by atoms with Gasteiger partial charge in [-0.3, -0.25) is 20.2 Å². The maximum atomic E-state index is 10.7. The van der Waals surface area contributed by atoms with Gasteiger partial charge in [-0.25, -0.2) is 0 Å². The third-order valence-electron chi connectivity index (χ3n) is 6.03. The topological polar surface area (TPSA) is 123 Å². The van der Waals surface area contributed by atoms with E-state index in [1.807, 2.05) is 36.4 Å². The maximum Gasteiger partial charge on any atom is 0.269 e. The zero-order valence-corrected chi connectivity index (χ0v) is 21.9. The summed E-state index contributed by atoms with van der Waals surface area (Å²) in [5.41, 5.74) is 0.0809. The first-order chi connectivity index (χ1) is 19.5. The van der Waals surface area contributed by atoms with E-state index in [2.05, 4.69) is 0 Å². The summed E-state index contributed by atoms with van der Waals surface area (Å²) in [6.07, 6.45) is 3.20. The number of hydrogen-bond acceptors (Lipinski definition) is 8. The molecule has 0 saturated heterocycles. The van der Waals surface area contributed by atoms with Crippen molar-refractivity contribution < 1.29 is 28.8 Å². The van der Waals surface area contributed by atoms with Crippen LogP contribution in [0.25, 0.3) is 10.8 Å². The van der Waals surface area contributed by atoms with Gasteiger partial charge in [-0.15, -0.1) is 0 Å². The molecule has 208 valence electrons. The molecule has 0 aromatic heterocycles. The molecule has 10 nitrogen and oxygen atoms in total. The van der Waals surface area contributed by atoms with E-state index in [0.717, 1.165) is 48.0 Å². The largest absolute Gasteiger partial charge is 0.494 e. The molecule has 0 aliphatic carbocycles. The first-order valence-electron chi connectivity index (χ1n) is 13.0. The Morgan fingerprint density at radius 3 is 1.12 bits per heavy atom. The van der Waals surface area contributed by atoms with Gasteiger partial charge in [0.25, 0.3) is 11.4 Å². The highest BCUT2D eigenvalue weighted by atomic mass is 16.6. The molecule has 0 bridgehead atoms. The minimum atomic E-state index is -0.436. The van der Waals surface area contributed by atoms with Crippen molar-refractivity contribution in [1.29, 1.82) is 0 Å². The fourth-order valence-electron chi connectivity index (χ4n) is 3.88. The summed E-state index contributed by atoms with van der Waals surface area (Å²) in [6, 6.07) is 24.0. The molecule has 40 heavy (non-hydrogen) atoms. The van der Waals surface area contributed by atoms with E-state index in [1.165, 1.54) is 24.3 Å². The van der Waals surface area contributed by atoms with Gasteiger partial charge in [0, 0.05) is 24.3 Å². The van der Waals surface area contributed by atoms with Crippen LogP contribution in [0.1, 0.15) is 25.7 Å². The molecule has 4 rings (SSSR count). The number of unbranched alkanes of at least 4 members (excludes halogenated alkanes) is 2. The Morgan fingerprint density at radius 2 is 0.775 bits per heavy atom. The van der Waals surface area contributed by atoms with E-state index in [9.17, 15) is 20.2 Å². The molecule has 0 spiro atoms. The number of nitro groups is 2. The van der Waals surface area contributed by atoms with Gasteiger partial charge in [0.2, 0.25) is 0 Å². The Kier molecular flexibility index (Phi) is 10.1. The lowest BCUT2D eigenvalue weighted by atomic mass is 10.1. The molecule has 10 heteroatoms. The molecule has 0 aliphatic heterocycles. The van der Waals surface area contributed by atoms with Crippen LogP contribution in [0.15, 0.2) is 84.9 Å². The fraction of sp³-hybridized carbons (Fsp3) is 0.267. The molecule has 0 atom stereocenters. The third kappa shape index (κ3) is 8.59. The molecule has 4 aromatic rings. The van der Waals surface area contributed by atoms with Crippen LogP contribution in [0.2, 0.25) is 0 Å². The average molecular weight is 547 g/mol. The summed E-state index contributed by atoms with van der Waals surface area (Å²) < 4.78 is 23.1. The quantitative estimate of drug-likeness (QED) is 0.0826. The lowest BCUT2D eigenvalue weighted by Gasteiger charge is -2.10. The van der Waals surface area contributed by atoms with Gasteiger partial charge in [0.15, 0.2) is 0 Å². The number of benzene rings is 4. The minimum Gasteiger partial charge on any atom is -0.494 e. The van der Waals surface area contributed by atoms with Crippen molar-refractivity contribution in [1.82, 2.24) is 0 Å². The third-order valence-corrected chi connectivity index (χ3v) is 6.03. The summed E-state index contributed by atoms with van der Waals surface area (Å²) in [7, 11) is 0. The number of nitrogens with zero attached hydrogens (tertiary/aromatic N) is 2. The van der Waals surface area contributed by atoms with Crippen molar-refractivity contribution in [3.63, 3.8) is 0 Å². The molecule has 0 aliphatic rings. The van der Waals surface area contributed by atoms with Crippen LogP contribution in [-0.4, -0.2) is 36.3 Å². The van der Waals surface area contributed by atoms with E-state index in [-0.39, 0.29) is 11.4 Å². The predicted molar refractivity (Wildman–Crippen MR) is 151 cm³/mol. The summed E-state index contributed by atoms with van der Waals surface area (Å²) in [5, 5.41) is 23.5. The highest BCUT2D eigenvalue weighted by Crippen LogP contribution is 2.26. The second kappa shape index (κ2) is 14.3. The zero-order chi connectivity index (χ0) is 28.2. The van der Waals surface area contributed by atoms with Crippen LogP contribution in [0, 0.1) is 20.2 Å². The SMILES string of the molecule is O=[N+]([O-])c1ccc(OCCCCOc2ccc3ccc(OCCCCOc4ccc([N+](=O)[O-])cc4)cc3c2)cc1. The molecule has 0 radical (unpaired) electrons. The van der Waals surface area contributed by atoms with E-state index in [1.54, 1.807) is 24.3 Å². The van der Waals surface area contributed by atoms with Crippen LogP contribution in [0.5, 0.6) is 23.0 Å². The van der Waals surface area contributed by atoms with Gasteiger partial charge in [-0.05, 0) is 85.0 Å². The van der Waals surface area contributed by atoms with Crippen LogP contribution < -0.4 is 18.9 Å². The van der Waals surface area contributed by atoms with Crippen molar-refractivity contribution in [3.05, 3.63) is 105 Å². The Hall–Kier alpha value is -4.86. The number of nitro benzene ring substituents is 2. The molecular formula is C30H30N2O8. The van der Waals surface area contributed by atoms with Crippen molar-refractivity contribution in [2.75, 3.05) is 26.4 Å². The second-order valence-electron chi connectivity index (χ2n) is 8.98. The smallest absolute Gasteiger partial charge is 0.269 e. The lowest BCUT2D eigenvalue weighted by Crippen LogP contribution is -2.03. The van der Waals surface area contributed by atoms with Gasteiger partial charge in [0.05, 0.1) is 36.3 Å². The van der Waals surface area contributed by atoms with Gasteiger partial charge in [-0.2, -0.15) is 0 Å². The van der Waals surface area contributed by atoms with Crippen LogP contribution in [-0.2, 0) is 0 Å². The second-order valence-corrected chi connectivity index (χ2v) is 8.98. The number of rotatable bonds is 16. The van der Waals surface area contributed by atoms with Crippen LogP contribution in [0.4, 0.5) is 11.4 Å². The maximum absolute atomic E-state index is 10.7. The van der Waals surface area contributed by atoms with Crippen molar-refractivity contribution >= 4 is 22.1 Å². The molecule has 0 N–H and O–H groups in total. The van der Waals surface area contributed by atoms with Gasteiger partial charge >= 0.3 is 0 Å². The number of ether oxygens (including phenoxy) is 4. The Labute approximate surface area is 231 Å². The predicted octanol–water partition coefficient (Wildman–Crippen LogP) is 7.13. The zero-order valence-electron chi connectivity index (χ0n) is 21.9. The monoisotopic (exact) mass is 546 g/mol. The van der Waals surface area contributed by atoms with E-state index >= 15 is 0 Å². The Bertz CT molecular complexity index is 1300. The van der Waals surface area contributed by atoms with E-state index < -0.39 is 9.85 Å². The van der Waals surface area contributed by atoms with Crippen LogP contribution >= 0.6 is 0 Å². The first-order valence-corrected chi connectivity index (χ1v) is 13.0. The lowest BCUT2D eigenvalue weighted by molar-refractivity contribution is -0.385. The van der Waals surface area contributed by atoms with Gasteiger partial charge in [-0.1, -0.05) is 12.1 Å². The van der Waals surface area contributed by atoms with Crippen LogP contribution in [0.3, 0.4) is 0 Å². The van der Waals surface area contributed by atoms with Crippen molar-refractivity contribution in [2.45, 2.75) is 25.7 Å². The normalized spacial score (nSPS) is 10.7. The van der Waals surface area contributed by atoms with Crippen molar-refractivity contribution in [2.24, 2.45) is 0 Å². The molecule has 4 aromatic carbocycles. The summed E-state index contributed by atoms with van der Waals surface area (Å²) >= 11 is 0. The number of hydrogen-bond donors (Lipinski definition) is 0. The molecular weight excluding hydrogens is 516 g/mol. The highest BCUT2D eigenvalue weighted by molar-refractivity contribution is 5.85. The summed E-state index contributed by atoms with van der Waals surface area (Å²) in [6.45, 7) is 2.10. The summed E-state index contributed by atoms with van der Waals surface area (Å²) in [5.74, 6) is 2.78. The molecule has 0 unspecified atom stereocenters. The molecule has 0 amide bonds. The average Bonchev–Trinajstić information content (AvgIpc) is 2.97. The van der Waals surface area contributed by atoms with E-state index in [0.29, 0.717) is 37.9 Å². The van der Waals surface area contributed by atoms with E-state index in [4.69, 9.17) is 18.9 Å². The molecule has 0 heterocycles. The highest BCUT2D eigenvalue weighted by Gasteiger charge is 2.06. The van der Waals surface area contributed by atoms with Crippen molar-refractivity contribution in [3.8, 4) is 23.0 Å². The Morgan fingerprint density at radius 1 is 0.450 bits per heavy atom. The molecule has 0 saturated carbocycles. The molecule has 0 fully saturated rings. The standard InChI is InChI=1S/C30H30N2O8/c33-31(34)25-7-13-27(14-8-25)37-17-1-3-19-39-29-11-5-23-6-12-30(22-24(23)21-29)40-20-4-2-18-38-28-15-9-26(10-16-28)32(35)36/h5-16,21-22H,1-4,17-20H2. The minimum absolute atomic E-state index is 0.0405. The van der Waals surface area contributed by atoms with Gasteiger partial charge in [0.1, 0.15) is 23.0 Å². The number of fused-ring (bicyclic) bond motifs is 1.